The van der Waals surface area contributed by atoms with E-state index in [1.54, 1.807) is 37.5 Å². The first-order chi connectivity index (χ1) is 14.5. The van der Waals surface area contributed by atoms with Crippen LogP contribution in [-0.4, -0.2) is 18.0 Å². The molecule has 0 saturated heterocycles. The summed E-state index contributed by atoms with van der Waals surface area (Å²) in [6, 6.07) is 17.9. The molecule has 30 heavy (non-hydrogen) atoms. The molecule has 1 heterocycles. The van der Waals surface area contributed by atoms with E-state index in [4.69, 9.17) is 32.4 Å². The van der Waals surface area contributed by atoms with E-state index in [0.717, 1.165) is 11.3 Å². The summed E-state index contributed by atoms with van der Waals surface area (Å²) in [4.78, 5) is 16.7. The van der Waals surface area contributed by atoms with Crippen molar-refractivity contribution in [2.75, 3.05) is 12.4 Å². The Morgan fingerprint density at radius 1 is 1.10 bits per heavy atom. The Labute approximate surface area is 182 Å². The quantitative estimate of drug-likeness (QED) is 0.363. The normalized spacial score (nSPS) is 11.2. The SMILES string of the molecule is COc1ccc(/C=C/C(=O)Nc2cccc(-c3nc4cc(Cl)cc(Cl)c4o3)c2)cc1. The summed E-state index contributed by atoms with van der Waals surface area (Å²) in [5.74, 6) is 0.894. The Bertz CT molecular complexity index is 1250. The van der Waals surface area contributed by atoms with Gasteiger partial charge in [0.25, 0.3) is 0 Å². The Hall–Kier alpha value is -3.28. The third-order valence-electron chi connectivity index (χ3n) is 4.33. The summed E-state index contributed by atoms with van der Waals surface area (Å²) >= 11 is 12.2. The van der Waals surface area contributed by atoms with Gasteiger partial charge in [-0.2, -0.15) is 0 Å². The first-order valence-electron chi connectivity index (χ1n) is 9.01. The van der Waals surface area contributed by atoms with Crippen molar-refractivity contribution in [3.8, 4) is 17.2 Å². The van der Waals surface area contributed by atoms with E-state index in [0.29, 0.717) is 38.3 Å². The maximum Gasteiger partial charge on any atom is 0.248 e. The van der Waals surface area contributed by atoms with E-state index < -0.39 is 0 Å². The lowest BCUT2D eigenvalue weighted by molar-refractivity contribution is -0.111. The molecule has 0 aliphatic rings. The lowest BCUT2D eigenvalue weighted by Gasteiger charge is -2.04. The Balaban J connectivity index is 1.51. The molecule has 0 saturated carbocycles. The van der Waals surface area contributed by atoms with Crippen LogP contribution in [-0.2, 0) is 4.79 Å². The molecule has 0 aliphatic carbocycles. The molecule has 0 spiro atoms. The van der Waals surface area contributed by atoms with Gasteiger partial charge in [0.1, 0.15) is 11.3 Å². The first kappa shape index (κ1) is 20.0. The molecule has 0 radical (unpaired) electrons. The predicted molar refractivity (Wildman–Crippen MR) is 120 cm³/mol. The predicted octanol–water partition coefficient (Wildman–Crippen LogP) is 6.46. The summed E-state index contributed by atoms with van der Waals surface area (Å²) in [5, 5.41) is 3.71. The van der Waals surface area contributed by atoms with Crippen molar-refractivity contribution < 1.29 is 13.9 Å². The van der Waals surface area contributed by atoms with Crippen LogP contribution in [0.3, 0.4) is 0 Å². The zero-order chi connectivity index (χ0) is 21.1. The molecule has 0 aliphatic heterocycles. The third-order valence-corrected chi connectivity index (χ3v) is 4.83. The van der Waals surface area contributed by atoms with E-state index in [2.05, 4.69) is 10.3 Å². The van der Waals surface area contributed by atoms with Gasteiger partial charge in [0.15, 0.2) is 5.58 Å². The summed E-state index contributed by atoms with van der Waals surface area (Å²) in [5.41, 5.74) is 3.24. The molecule has 0 atom stereocenters. The minimum atomic E-state index is -0.254. The molecule has 7 heteroatoms. The average molecular weight is 439 g/mol. The number of halogens is 2. The van der Waals surface area contributed by atoms with Crippen LogP contribution >= 0.6 is 23.2 Å². The number of nitrogens with zero attached hydrogens (tertiary/aromatic N) is 1. The number of amides is 1. The molecule has 150 valence electrons. The monoisotopic (exact) mass is 438 g/mol. The number of ether oxygens (including phenoxy) is 1. The Kier molecular flexibility index (Phi) is 5.74. The van der Waals surface area contributed by atoms with Crippen LogP contribution in [0.1, 0.15) is 5.56 Å². The van der Waals surface area contributed by atoms with Crippen molar-refractivity contribution in [3.63, 3.8) is 0 Å². The number of benzene rings is 3. The summed E-state index contributed by atoms with van der Waals surface area (Å²) in [6.45, 7) is 0. The molecule has 1 aromatic heterocycles. The van der Waals surface area contributed by atoms with Crippen LogP contribution in [0.15, 0.2) is 71.2 Å². The number of hydrogen-bond acceptors (Lipinski definition) is 4. The summed E-state index contributed by atoms with van der Waals surface area (Å²) in [7, 11) is 1.61. The molecule has 3 aromatic carbocycles. The summed E-state index contributed by atoms with van der Waals surface area (Å²) < 4.78 is 10.9. The number of rotatable bonds is 5. The second kappa shape index (κ2) is 8.61. The van der Waals surface area contributed by atoms with Crippen molar-refractivity contribution in [2.24, 2.45) is 0 Å². The number of anilines is 1. The lowest BCUT2D eigenvalue weighted by atomic mass is 10.2. The van der Waals surface area contributed by atoms with E-state index in [9.17, 15) is 4.79 Å². The van der Waals surface area contributed by atoms with Crippen molar-refractivity contribution in [1.29, 1.82) is 0 Å². The highest BCUT2D eigenvalue weighted by Crippen LogP contribution is 2.32. The second-order valence-corrected chi connectivity index (χ2v) is 7.28. The molecule has 5 nitrogen and oxygen atoms in total. The average Bonchev–Trinajstić information content (AvgIpc) is 3.17. The van der Waals surface area contributed by atoms with Crippen LogP contribution in [0, 0.1) is 0 Å². The fraction of sp³-hybridized carbons (Fsp3) is 0.0435. The van der Waals surface area contributed by atoms with Crippen LogP contribution in [0.25, 0.3) is 28.6 Å². The van der Waals surface area contributed by atoms with Crippen molar-refractivity contribution >= 4 is 52.0 Å². The largest absolute Gasteiger partial charge is 0.497 e. The van der Waals surface area contributed by atoms with Gasteiger partial charge in [-0.25, -0.2) is 4.98 Å². The topological polar surface area (TPSA) is 64.4 Å². The van der Waals surface area contributed by atoms with Crippen LogP contribution in [0.4, 0.5) is 5.69 Å². The number of carbonyl (C=O) groups excluding carboxylic acids is 1. The number of methoxy groups -OCH3 is 1. The smallest absolute Gasteiger partial charge is 0.248 e. The van der Waals surface area contributed by atoms with Gasteiger partial charge in [-0.05, 0) is 54.1 Å². The molecular formula is C23H16Cl2N2O3. The van der Waals surface area contributed by atoms with Gasteiger partial charge < -0.3 is 14.5 Å². The molecule has 0 fully saturated rings. The van der Waals surface area contributed by atoms with Gasteiger partial charge in [-0.15, -0.1) is 0 Å². The molecule has 0 bridgehead atoms. The first-order valence-corrected chi connectivity index (χ1v) is 9.76. The van der Waals surface area contributed by atoms with Crippen LogP contribution in [0.2, 0.25) is 10.0 Å². The van der Waals surface area contributed by atoms with E-state index >= 15 is 0 Å². The fourth-order valence-electron chi connectivity index (χ4n) is 2.88. The molecular weight excluding hydrogens is 423 g/mol. The van der Waals surface area contributed by atoms with Crippen molar-refractivity contribution in [3.05, 3.63) is 82.3 Å². The number of fused-ring (bicyclic) bond motifs is 1. The van der Waals surface area contributed by atoms with Gasteiger partial charge in [-0.3, -0.25) is 4.79 Å². The molecule has 4 aromatic rings. The molecule has 1 amide bonds. The van der Waals surface area contributed by atoms with Gasteiger partial charge >= 0.3 is 0 Å². The minimum Gasteiger partial charge on any atom is -0.497 e. The van der Waals surface area contributed by atoms with E-state index in [1.807, 2.05) is 36.4 Å². The van der Waals surface area contributed by atoms with Gasteiger partial charge in [0.05, 0.1) is 12.1 Å². The standard InChI is InChI=1S/C23H16Cl2N2O3/c1-29-18-8-5-14(6-9-18)7-10-21(28)26-17-4-2-3-15(11-17)23-27-20-13-16(24)12-19(25)22(20)30-23/h2-13H,1H3,(H,26,28)/b10-7+. The Morgan fingerprint density at radius 3 is 2.67 bits per heavy atom. The summed E-state index contributed by atoms with van der Waals surface area (Å²) in [6.07, 6.45) is 3.20. The fourth-order valence-corrected chi connectivity index (χ4v) is 3.41. The zero-order valence-electron chi connectivity index (χ0n) is 15.9. The number of oxazole rings is 1. The van der Waals surface area contributed by atoms with Gasteiger partial charge in [0, 0.05) is 22.3 Å². The van der Waals surface area contributed by atoms with Gasteiger partial charge in [0.2, 0.25) is 11.8 Å². The van der Waals surface area contributed by atoms with Crippen LogP contribution < -0.4 is 10.1 Å². The molecule has 4 rings (SSSR count). The van der Waals surface area contributed by atoms with E-state index in [-0.39, 0.29) is 5.91 Å². The molecule has 0 unspecified atom stereocenters. The van der Waals surface area contributed by atoms with Crippen molar-refractivity contribution in [2.45, 2.75) is 0 Å². The highest BCUT2D eigenvalue weighted by atomic mass is 35.5. The number of nitrogens with one attached hydrogen (secondary N) is 1. The van der Waals surface area contributed by atoms with Crippen molar-refractivity contribution in [1.82, 2.24) is 4.98 Å². The number of hydrogen-bond donors (Lipinski definition) is 1. The maximum atomic E-state index is 12.3. The highest BCUT2D eigenvalue weighted by molar-refractivity contribution is 6.38. The number of carbonyl (C=O) groups is 1. The number of aromatic nitrogens is 1. The van der Waals surface area contributed by atoms with Gasteiger partial charge in [-0.1, -0.05) is 41.4 Å². The maximum absolute atomic E-state index is 12.3. The minimum absolute atomic E-state index is 0.254. The van der Waals surface area contributed by atoms with Crippen LogP contribution in [0.5, 0.6) is 5.75 Å². The Morgan fingerprint density at radius 2 is 1.90 bits per heavy atom. The molecule has 1 N–H and O–H groups in total. The second-order valence-electron chi connectivity index (χ2n) is 6.43. The third kappa shape index (κ3) is 4.48. The van der Waals surface area contributed by atoms with E-state index in [1.165, 1.54) is 6.08 Å². The highest BCUT2D eigenvalue weighted by Gasteiger charge is 2.13. The zero-order valence-corrected chi connectivity index (χ0v) is 17.4. The lowest BCUT2D eigenvalue weighted by Crippen LogP contribution is -2.07.